The summed E-state index contributed by atoms with van der Waals surface area (Å²) in [4.78, 5) is 22.6. The Bertz CT molecular complexity index is 1240. The van der Waals surface area contributed by atoms with Crippen molar-refractivity contribution >= 4 is 62.8 Å². The molecule has 3 N–H and O–H groups in total. The van der Waals surface area contributed by atoms with Crippen LogP contribution in [0.25, 0.3) is 0 Å². The van der Waals surface area contributed by atoms with Gasteiger partial charge in [-0.1, -0.05) is 39.3 Å². The quantitative estimate of drug-likeness (QED) is 0.151. The molecular formula is C20H19BrClN7O4S. The van der Waals surface area contributed by atoms with Crippen molar-refractivity contribution in [1.82, 2.24) is 20.2 Å². The Morgan fingerprint density at radius 3 is 2.76 bits per heavy atom. The molecule has 0 unspecified atom stereocenters. The highest BCUT2D eigenvalue weighted by molar-refractivity contribution is 9.10. The van der Waals surface area contributed by atoms with Gasteiger partial charge in [0.15, 0.2) is 11.0 Å². The van der Waals surface area contributed by atoms with E-state index in [-0.39, 0.29) is 10.6 Å². The molecule has 2 aromatic carbocycles. The van der Waals surface area contributed by atoms with Crippen LogP contribution >= 0.6 is 39.3 Å². The number of aromatic nitrogens is 3. The number of carbonyl (C=O) groups is 1. The number of halogens is 2. The summed E-state index contributed by atoms with van der Waals surface area (Å²) in [5.74, 6) is -0.345. The normalized spacial score (nSPS) is 12.0. The van der Waals surface area contributed by atoms with Crippen LogP contribution in [0.4, 0.5) is 11.4 Å². The van der Waals surface area contributed by atoms with E-state index in [4.69, 9.17) is 11.6 Å². The molecule has 14 heteroatoms. The van der Waals surface area contributed by atoms with Crippen LogP contribution in [0.15, 0.2) is 51.1 Å². The number of phenolic OH excluding ortho intramolecular Hbond substituents is 1. The third-order valence-corrected chi connectivity index (χ3v) is 6.41. The van der Waals surface area contributed by atoms with Gasteiger partial charge in [0.2, 0.25) is 5.75 Å². The number of nitro groups is 1. The number of carbonyl (C=O) groups excluding carboxylic acids is 1. The lowest BCUT2D eigenvalue weighted by molar-refractivity contribution is -0.385. The molecule has 0 aliphatic rings. The SMILES string of the molecule is C[C@H](Sc1nnc(CNc2ccc(Br)cc2)n1C)C(=O)NN=Cc1cc(Cl)cc([N+](=O)[O-])c1O. The van der Waals surface area contributed by atoms with Crippen molar-refractivity contribution in [3.63, 3.8) is 0 Å². The van der Waals surface area contributed by atoms with E-state index in [0.717, 1.165) is 22.4 Å². The summed E-state index contributed by atoms with van der Waals surface area (Å²) >= 11 is 10.4. The van der Waals surface area contributed by atoms with E-state index in [1.54, 1.807) is 18.5 Å². The maximum Gasteiger partial charge on any atom is 0.312 e. The van der Waals surface area contributed by atoms with E-state index in [9.17, 15) is 20.0 Å². The Kier molecular flexibility index (Phi) is 8.47. The van der Waals surface area contributed by atoms with Crippen LogP contribution < -0.4 is 10.7 Å². The molecule has 0 aliphatic heterocycles. The van der Waals surface area contributed by atoms with E-state index in [2.05, 4.69) is 42.0 Å². The summed E-state index contributed by atoms with van der Waals surface area (Å²) in [7, 11) is 1.80. The summed E-state index contributed by atoms with van der Waals surface area (Å²) < 4.78 is 2.77. The van der Waals surface area contributed by atoms with Gasteiger partial charge in [0, 0.05) is 33.9 Å². The number of hydrogen-bond donors (Lipinski definition) is 3. The molecule has 1 amide bonds. The lowest BCUT2D eigenvalue weighted by Crippen LogP contribution is -2.27. The smallest absolute Gasteiger partial charge is 0.312 e. The predicted octanol–water partition coefficient (Wildman–Crippen LogP) is 4.09. The van der Waals surface area contributed by atoms with Crippen LogP contribution in [0.3, 0.4) is 0 Å². The van der Waals surface area contributed by atoms with Crippen LogP contribution in [-0.2, 0) is 18.4 Å². The van der Waals surface area contributed by atoms with Gasteiger partial charge in [0.25, 0.3) is 5.91 Å². The van der Waals surface area contributed by atoms with Gasteiger partial charge < -0.3 is 15.0 Å². The fraction of sp³-hybridized carbons (Fsp3) is 0.200. The second-order valence-electron chi connectivity index (χ2n) is 6.93. The predicted molar refractivity (Wildman–Crippen MR) is 133 cm³/mol. The molecule has 3 aromatic rings. The summed E-state index contributed by atoms with van der Waals surface area (Å²) in [6.07, 6.45) is 1.08. The molecule has 1 aromatic heterocycles. The molecule has 0 spiro atoms. The van der Waals surface area contributed by atoms with Gasteiger partial charge >= 0.3 is 5.69 Å². The van der Waals surface area contributed by atoms with Gasteiger partial charge in [-0.3, -0.25) is 14.9 Å². The van der Waals surface area contributed by atoms with E-state index in [1.165, 1.54) is 17.8 Å². The zero-order chi connectivity index (χ0) is 24.8. The molecule has 11 nitrogen and oxygen atoms in total. The number of hydrazone groups is 1. The van der Waals surface area contributed by atoms with Crippen molar-refractivity contribution < 1.29 is 14.8 Å². The highest BCUT2D eigenvalue weighted by Crippen LogP contribution is 2.32. The average Bonchev–Trinajstić information content (AvgIpc) is 3.14. The monoisotopic (exact) mass is 567 g/mol. The summed E-state index contributed by atoms with van der Waals surface area (Å²) in [6.45, 7) is 2.12. The zero-order valence-electron chi connectivity index (χ0n) is 17.9. The first-order valence-electron chi connectivity index (χ1n) is 9.70. The highest BCUT2D eigenvalue weighted by atomic mass is 79.9. The third kappa shape index (κ3) is 6.46. The van der Waals surface area contributed by atoms with Crippen molar-refractivity contribution in [3.8, 4) is 5.75 Å². The molecule has 0 saturated heterocycles. The Balaban J connectivity index is 1.58. The molecular weight excluding hydrogens is 550 g/mol. The fourth-order valence-electron chi connectivity index (χ4n) is 2.66. The number of nitro benzene ring substituents is 1. The largest absolute Gasteiger partial charge is 0.502 e. The van der Waals surface area contributed by atoms with Crippen LogP contribution in [0.5, 0.6) is 5.75 Å². The van der Waals surface area contributed by atoms with Crippen LogP contribution in [0, 0.1) is 10.1 Å². The van der Waals surface area contributed by atoms with Gasteiger partial charge in [-0.15, -0.1) is 10.2 Å². The second kappa shape index (κ2) is 11.3. The molecule has 178 valence electrons. The van der Waals surface area contributed by atoms with Crippen LogP contribution in [-0.4, -0.2) is 42.2 Å². The minimum absolute atomic E-state index is 0.00368. The Labute approximate surface area is 211 Å². The lowest BCUT2D eigenvalue weighted by Gasteiger charge is -2.10. The van der Waals surface area contributed by atoms with Crippen LogP contribution in [0.2, 0.25) is 5.02 Å². The molecule has 0 saturated carbocycles. The maximum atomic E-state index is 12.4. The first-order chi connectivity index (χ1) is 16.2. The van der Waals surface area contributed by atoms with E-state index < -0.39 is 27.5 Å². The molecule has 34 heavy (non-hydrogen) atoms. The Morgan fingerprint density at radius 2 is 2.09 bits per heavy atom. The highest BCUT2D eigenvalue weighted by Gasteiger charge is 2.20. The number of phenols is 1. The number of aromatic hydroxyl groups is 1. The third-order valence-electron chi connectivity index (χ3n) is 4.53. The van der Waals surface area contributed by atoms with Gasteiger partial charge in [-0.25, -0.2) is 5.43 Å². The van der Waals surface area contributed by atoms with Crippen molar-refractivity contribution in [2.24, 2.45) is 12.1 Å². The van der Waals surface area contributed by atoms with Crippen LogP contribution in [0.1, 0.15) is 18.3 Å². The maximum absolute atomic E-state index is 12.4. The zero-order valence-corrected chi connectivity index (χ0v) is 21.1. The van der Waals surface area contributed by atoms with E-state index in [1.807, 2.05) is 24.3 Å². The number of hydrogen-bond acceptors (Lipinski definition) is 9. The Morgan fingerprint density at radius 1 is 1.38 bits per heavy atom. The molecule has 0 aliphatic carbocycles. The van der Waals surface area contributed by atoms with E-state index in [0.29, 0.717) is 17.5 Å². The Hall–Kier alpha value is -3.16. The summed E-state index contributed by atoms with van der Waals surface area (Å²) in [5.41, 5.74) is 2.71. The first kappa shape index (κ1) is 25.5. The van der Waals surface area contributed by atoms with Gasteiger partial charge in [-0.05, 0) is 37.3 Å². The number of anilines is 1. The molecule has 0 radical (unpaired) electrons. The van der Waals surface area contributed by atoms with Crippen molar-refractivity contribution in [2.45, 2.75) is 23.9 Å². The molecule has 1 atom stereocenters. The number of benzene rings is 2. The van der Waals surface area contributed by atoms with Crippen molar-refractivity contribution in [2.75, 3.05) is 5.32 Å². The number of nitrogens with one attached hydrogen (secondary N) is 2. The molecule has 0 fully saturated rings. The van der Waals surface area contributed by atoms with Gasteiger partial charge in [-0.2, -0.15) is 5.10 Å². The number of thioether (sulfide) groups is 1. The molecule has 3 rings (SSSR count). The number of amides is 1. The average molecular weight is 569 g/mol. The summed E-state index contributed by atoms with van der Waals surface area (Å²) in [6, 6.07) is 10.0. The summed E-state index contributed by atoms with van der Waals surface area (Å²) in [5, 5.41) is 36.3. The molecule has 1 heterocycles. The topological polar surface area (TPSA) is 148 Å². The fourth-order valence-corrected chi connectivity index (χ4v) is 3.97. The standard InChI is InChI=1S/C20H19BrClN7O4S/c1-11(19(31)26-24-9-12-7-14(22)8-16(18(12)30)29(32)33)34-20-27-25-17(28(20)2)10-23-15-5-3-13(21)4-6-15/h3-9,11,23,30H,10H2,1-2H3,(H,26,31)/t11-/m0/s1. The van der Waals surface area contributed by atoms with Gasteiger partial charge in [0.1, 0.15) is 0 Å². The van der Waals surface area contributed by atoms with Crippen molar-refractivity contribution in [3.05, 3.63) is 67.4 Å². The molecule has 0 bridgehead atoms. The van der Waals surface area contributed by atoms with E-state index >= 15 is 0 Å². The second-order valence-corrected chi connectivity index (χ2v) is 9.59. The van der Waals surface area contributed by atoms with Crippen molar-refractivity contribution in [1.29, 1.82) is 0 Å². The minimum atomic E-state index is -0.764. The first-order valence-corrected chi connectivity index (χ1v) is 11.7. The minimum Gasteiger partial charge on any atom is -0.502 e. The lowest BCUT2D eigenvalue weighted by atomic mass is 10.2. The number of nitrogens with zero attached hydrogens (tertiary/aromatic N) is 5. The number of rotatable bonds is 9. The van der Waals surface area contributed by atoms with Gasteiger partial charge in [0.05, 0.1) is 22.9 Å².